The maximum absolute atomic E-state index is 12.6. The van der Waals surface area contributed by atoms with Crippen molar-refractivity contribution in [2.75, 3.05) is 26.2 Å². The summed E-state index contributed by atoms with van der Waals surface area (Å²) in [6, 6.07) is 7.93. The highest BCUT2D eigenvalue weighted by molar-refractivity contribution is 5.79. The number of ether oxygens (including phenoxy) is 1. The second-order valence-electron chi connectivity index (χ2n) is 8.14. The van der Waals surface area contributed by atoms with Gasteiger partial charge in [0, 0.05) is 32.1 Å². The van der Waals surface area contributed by atoms with E-state index in [1.54, 1.807) is 0 Å². The Balaban J connectivity index is 1.87. The zero-order chi connectivity index (χ0) is 19.9. The number of nitrogens with two attached hydrogens (primary N) is 1. The summed E-state index contributed by atoms with van der Waals surface area (Å²) in [7, 11) is 0. The molecule has 0 radical (unpaired) electrons. The molecule has 1 aliphatic heterocycles. The Morgan fingerprint density at radius 3 is 2.56 bits per heavy atom. The minimum absolute atomic E-state index is 0.0160. The van der Waals surface area contributed by atoms with Gasteiger partial charge >= 0.3 is 0 Å². The molecule has 0 saturated carbocycles. The van der Waals surface area contributed by atoms with Crippen molar-refractivity contribution in [2.24, 2.45) is 5.73 Å². The first-order valence-electron chi connectivity index (χ1n) is 9.81. The van der Waals surface area contributed by atoms with Crippen molar-refractivity contribution in [2.45, 2.75) is 57.9 Å². The summed E-state index contributed by atoms with van der Waals surface area (Å²) in [5.74, 6) is 0.597. The van der Waals surface area contributed by atoms with Gasteiger partial charge in [-0.25, -0.2) is 0 Å². The van der Waals surface area contributed by atoms with Gasteiger partial charge in [0.05, 0.1) is 0 Å². The summed E-state index contributed by atoms with van der Waals surface area (Å²) >= 11 is 0. The van der Waals surface area contributed by atoms with Crippen LogP contribution in [0.3, 0.4) is 0 Å². The number of carbonyl (C=O) groups excluding carboxylic acids is 2. The number of carbonyl (C=O) groups is 2. The van der Waals surface area contributed by atoms with Gasteiger partial charge in [0.2, 0.25) is 5.91 Å². The number of likely N-dealkylation sites (tertiary alicyclic amines) is 1. The SMILES string of the molecule is CC(C)(C)c1ccc(OCC(=O)N2CCCCC2CNC(=O)CCN)cc1. The monoisotopic (exact) mass is 375 g/mol. The summed E-state index contributed by atoms with van der Waals surface area (Å²) in [6.45, 7) is 8.02. The summed E-state index contributed by atoms with van der Waals surface area (Å²) in [5, 5.41) is 2.88. The lowest BCUT2D eigenvalue weighted by Gasteiger charge is -2.35. The number of piperidine rings is 1. The zero-order valence-electron chi connectivity index (χ0n) is 16.8. The average Bonchev–Trinajstić information content (AvgIpc) is 2.64. The molecule has 1 fully saturated rings. The zero-order valence-corrected chi connectivity index (χ0v) is 16.8. The van der Waals surface area contributed by atoms with Crippen LogP contribution in [0, 0.1) is 0 Å². The van der Waals surface area contributed by atoms with Gasteiger partial charge < -0.3 is 20.7 Å². The molecule has 6 nitrogen and oxygen atoms in total. The first-order valence-corrected chi connectivity index (χ1v) is 9.81. The van der Waals surface area contributed by atoms with Crippen LogP contribution in [0.2, 0.25) is 0 Å². The van der Waals surface area contributed by atoms with E-state index in [1.165, 1.54) is 5.56 Å². The van der Waals surface area contributed by atoms with E-state index in [1.807, 2.05) is 29.2 Å². The van der Waals surface area contributed by atoms with Crippen molar-refractivity contribution < 1.29 is 14.3 Å². The van der Waals surface area contributed by atoms with Gasteiger partial charge in [-0.05, 0) is 42.4 Å². The number of hydrogen-bond acceptors (Lipinski definition) is 4. The molecule has 3 N–H and O–H groups in total. The number of benzene rings is 1. The van der Waals surface area contributed by atoms with Crippen molar-refractivity contribution in [1.29, 1.82) is 0 Å². The average molecular weight is 376 g/mol. The largest absolute Gasteiger partial charge is 0.484 e. The molecule has 1 heterocycles. The quantitative estimate of drug-likeness (QED) is 0.765. The lowest BCUT2D eigenvalue weighted by Crippen LogP contribution is -2.50. The van der Waals surface area contributed by atoms with Crippen LogP contribution in [0.25, 0.3) is 0 Å². The summed E-state index contributed by atoms with van der Waals surface area (Å²) in [4.78, 5) is 26.1. The molecule has 1 saturated heterocycles. The van der Waals surface area contributed by atoms with Gasteiger partial charge in [0.25, 0.3) is 5.91 Å². The minimum atomic E-state index is -0.0642. The smallest absolute Gasteiger partial charge is 0.260 e. The molecule has 2 rings (SSSR count). The Morgan fingerprint density at radius 1 is 1.22 bits per heavy atom. The van der Waals surface area contributed by atoms with Crippen molar-refractivity contribution in [1.82, 2.24) is 10.2 Å². The Kier molecular flexibility index (Phi) is 7.66. The first kappa shape index (κ1) is 21.2. The molecule has 0 spiro atoms. The van der Waals surface area contributed by atoms with Crippen LogP contribution in [0.1, 0.15) is 52.0 Å². The maximum atomic E-state index is 12.6. The van der Waals surface area contributed by atoms with Crippen LogP contribution in [0.4, 0.5) is 0 Å². The third kappa shape index (κ3) is 6.54. The Morgan fingerprint density at radius 2 is 1.93 bits per heavy atom. The second kappa shape index (κ2) is 9.74. The third-order valence-electron chi connectivity index (χ3n) is 4.94. The fourth-order valence-corrected chi connectivity index (χ4v) is 3.27. The molecule has 1 aliphatic rings. The molecular formula is C21H33N3O3. The molecule has 0 aromatic heterocycles. The molecule has 2 amide bonds. The predicted molar refractivity (Wildman–Crippen MR) is 107 cm³/mol. The van der Waals surface area contributed by atoms with Gasteiger partial charge in [-0.15, -0.1) is 0 Å². The van der Waals surface area contributed by atoms with E-state index in [-0.39, 0.29) is 29.9 Å². The molecule has 1 atom stereocenters. The van der Waals surface area contributed by atoms with Crippen molar-refractivity contribution in [3.8, 4) is 5.75 Å². The van der Waals surface area contributed by atoms with Gasteiger partial charge in [0.1, 0.15) is 5.75 Å². The minimum Gasteiger partial charge on any atom is -0.484 e. The molecule has 0 bridgehead atoms. The van der Waals surface area contributed by atoms with Crippen LogP contribution in [0.15, 0.2) is 24.3 Å². The van der Waals surface area contributed by atoms with E-state index in [9.17, 15) is 9.59 Å². The first-order chi connectivity index (χ1) is 12.8. The van der Waals surface area contributed by atoms with Crippen molar-refractivity contribution in [3.63, 3.8) is 0 Å². The number of hydrogen-bond donors (Lipinski definition) is 2. The van der Waals surface area contributed by atoms with E-state index in [4.69, 9.17) is 10.5 Å². The van der Waals surface area contributed by atoms with E-state index >= 15 is 0 Å². The number of nitrogens with zero attached hydrogens (tertiary/aromatic N) is 1. The highest BCUT2D eigenvalue weighted by Crippen LogP contribution is 2.24. The van der Waals surface area contributed by atoms with E-state index in [0.29, 0.717) is 31.8 Å². The van der Waals surface area contributed by atoms with E-state index in [2.05, 4.69) is 26.1 Å². The van der Waals surface area contributed by atoms with Crippen LogP contribution < -0.4 is 15.8 Å². The topological polar surface area (TPSA) is 84.7 Å². The van der Waals surface area contributed by atoms with E-state index in [0.717, 1.165) is 19.3 Å². The lowest BCUT2D eigenvalue weighted by atomic mass is 9.87. The normalized spacial score (nSPS) is 17.5. The number of nitrogens with one attached hydrogen (secondary N) is 1. The number of rotatable bonds is 7. The molecule has 150 valence electrons. The fraction of sp³-hybridized carbons (Fsp3) is 0.619. The predicted octanol–water partition coefficient (Wildman–Crippen LogP) is 2.21. The highest BCUT2D eigenvalue weighted by atomic mass is 16.5. The molecule has 6 heteroatoms. The molecule has 27 heavy (non-hydrogen) atoms. The Hall–Kier alpha value is -2.08. The molecule has 0 aliphatic carbocycles. The highest BCUT2D eigenvalue weighted by Gasteiger charge is 2.27. The number of amides is 2. The maximum Gasteiger partial charge on any atom is 0.260 e. The Labute approximate surface area is 162 Å². The standard InChI is InChI=1S/C21H33N3O3/c1-21(2,3)16-7-9-18(10-8-16)27-15-20(26)24-13-5-4-6-17(24)14-23-19(25)11-12-22/h7-10,17H,4-6,11-15,22H2,1-3H3,(H,23,25). The van der Waals surface area contributed by atoms with Gasteiger partial charge in [-0.3, -0.25) is 9.59 Å². The summed E-state index contributed by atoms with van der Waals surface area (Å²) in [5.41, 5.74) is 6.71. The van der Waals surface area contributed by atoms with Gasteiger partial charge in [0.15, 0.2) is 6.61 Å². The molecule has 1 aromatic carbocycles. The summed E-state index contributed by atoms with van der Waals surface area (Å²) < 4.78 is 5.71. The molecule has 1 aromatic rings. The van der Waals surface area contributed by atoms with Crippen LogP contribution in [0.5, 0.6) is 5.75 Å². The lowest BCUT2D eigenvalue weighted by molar-refractivity contribution is -0.137. The van der Waals surface area contributed by atoms with Gasteiger partial charge in [-0.1, -0.05) is 32.9 Å². The van der Waals surface area contributed by atoms with Gasteiger partial charge in [-0.2, -0.15) is 0 Å². The van der Waals surface area contributed by atoms with E-state index < -0.39 is 0 Å². The fourth-order valence-electron chi connectivity index (χ4n) is 3.27. The van der Waals surface area contributed by atoms with Crippen molar-refractivity contribution in [3.05, 3.63) is 29.8 Å². The third-order valence-corrected chi connectivity index (χ3v) is 4.94. The van der Waals surface area contributed by atoms with Crippen LogP contribution in [-0.2, 0) is 15.0 Å². The summed E-state index contributed by atoms with van der Waals surface area (Å²) in [6.07, 6.45) is 3.26. The Bertz CT molecular complexity index is 623. The second-order valence-corrected chi connectivity index (χ2v) is 8.14. The molecule has 1 unspecified atom stereocenters. The van der Waals surface area contributed by atoms with Crippen molar-refractivity contribution >= 4 is 11.8 Å². The molecular weight excluding hydrogens is 342 g/mol. The van der Waals surface area contributed by atoms with Crippen LogP contribution in [-0.4, -0.2) is 49.0 Å². The van der Waals surface area contributed by atoms with Crippen LogP contribution >= 0.6 is 0 Å².